The third-order valence-corrected chi connectivity index (χ3v) is 4.53. The van der Waals surface area contributed by atoms with Gasteiger partial charge in [0.25, 0.3) is 0 Å². The molecule has 1 fully saturated rings. The summed E-state index contributed by atoms with van der Waals surface area (Å²) in [4.78, 5) is 18.7. The van der Waals surface area contributed by atoms with Crippen molar-refractivity contribution in [1.29, 1.82) is 0 Å². The smallest absolute Gasteiger partial charge is 0.241 e. The molecule has 150 valence electrons. The molecule has 0 aromatic heterocycles. The van der Waals surface area contributed by atoms with Crippen LogP contribution in [-0.2, 0) is 16.1 Å². The lowest BCUT2D eigenvalue weighted by atomic mass is 10.0. The number of carbonyl (C=O) groups is 1. The molecule has 0 saturated carbocycles. The SMILES string of the molecule is CCNC(=NCC(=O)NCCOC)NC1CCN(Cc2ccccc2)CC1. The van der Waals surface area contributed by atoms with Gasteiger partial charge in [0.15, 0.2) is 5.96 Å². The maximum atomic E-state index is 11.8. The van der Waals surface area contributed by atoms with E-state index in [1.165, 1.54) is 5.56 Å². The van der Waals surface area contributed by atoms with Crippen molar-refractivity contribution in [3.8, 4) is 0 Å². The first-order chi connectivity index (χ1) is 13.2. The number of hydrogen-bond acceptors (Lipinski definition) is 4. The summed E-state index contributed by atoms with van der Waals surface area (Å²) in [7, 11) is 1.61. The highest BCUT2D eigenvalue weighted by Crippen LogP contribution is 2.13. The molecule has 27 heavy (non-hydrogen) atoms. The number of nitrogens with zero attached hydrogens (tertiary/aromatic N) is 2. The lowest BCUT2D eigenvalue weighted by Gasteiger charge is -2.33. The van der Waals surface area contributed by atoms with Crippen LogP contribution >= 0.6 is 0 Å². The zero-order chi connectivity index (χ0) is 19.3. The van der Waals surface area contributed by atoms with Gasteiger partial charge in [0.1, 0.15) is 6.54 Å². The molecule has 3 N–H and O–H groups in total. The van der Waals surface area contributed by atoms with Gasteiger partial charge in [-0.1, -0.05) is 30.3 Å². The first kappa shape index (κ1) is 21.2. The summed E-state index contributed by atoms with van der Waals surface area (Å²) < 4.78 is 4.92. The van der Waals surface area contributed by atoms with E-state index in [9.17, 15) is 4.79 Å². The fraction of sp³-hybridized carbons (Fsp3) is 0.600. The number of rotatable bonds is 9. The van der Waals surface area contributed by atoms with E-state index in [4.69, 9.17) is 4.74 Å². The van der Waals surface area contributed by atoms with Crippen molar-refractivity contribution in [3.63, 3.8) is 0 Å². The van der Waals surface area contributed by atoms with Crippen molar-refractivity contribution in [2.75, 3.05) is 46.4 Å². The highest BCUT2D eigenvalue weighted by molar-refractivity contribution is 5.85. The topological polar surface area (TPSA) is 78.0 Å². The number of aliphatic imine (C=N–C) groups is 1. The first-order valence-corrected chi connectivity index (χ1v) is 9.78. The molecule has 7 heteroatoms. The number of carbonyl (C=O) groups excluding carboxylic acids is 1. The molecule has 0 aliphatic carbocycles. The van der Waals surface area contributed by atoms with Gasteiger partial charge in [-0.3, -0.25) is 9.69 Å². The van der Waals surface area contributed by atoms with Gasteiger partial charge in [0, 0.05) is 45.9 Å². The number of likely N-dealkylation sites (tertiary alicyclic amines) is 1. The summed E-state index contributed by atoms with van der Waals surface area (Å²) >= 11 is 0. The van der Waals surface area contributed by atoms with Crippen LogP contribution in [0.3, 0.4) is 0 Å². The van der Waals surface area contributed by atoms with Crippen LogP contribution in [0, 0.1) is 0 Å². The summed E-state index contributed by atoms with van der Waals surface area (Å²) in [6.45, 7) is 7.05. The standard InChI is InChI=1S/C20H33N5O2/c1-3-21-20(23-15-19(26)22-11-14-27-2)24-18-9-12-25(13-10-18)16-17-7-5-4-6-8-17/h4-8,18H,3,9-16H2,1-2H3,(H,22,26)(H2,21,23,24). The van der Waals surface area contributed by atoms with E-state index in [1.54, 1.807) is 7.11 Å². The number of piperidine rings is 1. The molecule has 1 heterocycles. The van der Waals surface area contributed by atoms with Crippen LogP contribution < -0.4 is 16.0 Å². The van der Waals surface area contributed by atoms with Crippen molar-refractivity contribution in [3.05, 3.63) is 35.9 Å². The average molecular weight is 376 g/mol. The van der Waals surface area contributed by atoms with Gasteiger partial charge in [0.2, 0.25) is 5.91 Å². The van der Waals surface area contributed by atoms with Crippen molar-refractivity contribution in [1.82, 2.24) is 20.9 Å². The molecule has 0 unspecified atom stereocenters. The summed E-state index contributed by atoms with van der Waals surface area (Å²) in [5, 5.41) is 9.48. The monoisotopic (exact) mass is 375 g/mol. The van der Waals surface area contributed by atoms with Gasteiger partial charge in [0.05, 0.1) is 6.61 Å². The predicted octanol–water partition coefficient (Wildman–Crippen LogP) is 0.969. The molecule has 1 saturated heterocycles. The van der Waals surface area contributed by atoms with Crippen molar-refractivity contribution in [2.24, 2.45) is 4.99 Å². The van der Waals surface area contributed by atoms with Crippen LogP contribution in [0.5, 0.6) is 0 Å². The average Bonchev–Trinajstić information content (AvgIpc) is 2.69. The van der Waals surface area contributed by atoms with Crippen LogP contribution in [0.4, 0.5) is 0 Å². The molecule has 1 aliphatic rings. The number of guanidine groups is 1. The van der Waals surface area contributed by atoms with Crippen molar-refractivity contribution in [2.45, 2.75) is 32.4 Å². The number of hydrogen-bond donors (Lipinski definition) is 3. The molecule has 1 aliphatic heterocycles. The van der Waals surface area contributed by atoms with Gasteiger partial charge in [-0.2, -0.15) is 0 Å². The Kier molecular flexibility index (Phi) is 9.65. The molecule has 7 nitrogen and oxygen atoms in total. The van der Waals surface area contributed by atoms with Gasteiger partial charge < -0.3 is 20.7 Å². The van der Waals surface area contributed by atoms with E-state index >= 15 is 0 Å². The normalized spacial score (nSPS) is 16.1. The van der Waals surface area contributed by atoms with E-state index < -0.39 is 0 Å². The summed E-state index contributed by atoms with van der Waals surface area (Å²) in [5.41, 5.74) is 1.36. The second kappa shape index (κ2) is 12.3. The molecule has 0 spiro atoms. The van der Waals surface area contributed by atoms with Crippen molar-refractivity contribution < 1.29 is 9.53 Å². The largest absolute Gasteiger partial charge is 0.383 e. The minimum atomic E-state index is -0.0954. The van der Waals surface area contributed by atoms with Gasteiger partial charge in [-0.15, -0.1) is 0 Å². The number of nitrogens with one attached hydrogen (secondary N) is 3. The highest BCUT2D eigenvalue weighted by Gasteiger charge is 2.20. The summed E-state index contributed by atoms with van der Waals surface area (Å²) in [5.74, 6) is 0.614. The summed E-state index contributed by atoms with van der Waals surface area (Å²) in [6.07, 6.45) is 2.13. The van der Waals surface area contributed by atoms with Crippen LogP contribution in [0.1, 0.15) is 25.3 Å². The van der Waals surface area contributed by atoms with E-state index in [2.05, 4.69) is 56.2 Å². The van der Waals surface area contributed by atoms with Crippen LogP contribution in [0.15, 0.2) is 35.3 Å². The van der Waals surface area contributed by atoms with Crippen molar-refractivity contribution >= 4 is 11.9 Å². The molecule has 0 bridgehead atoms. The third-order valence-electron chi connectivity index (χ3n) is 4.53. The lowest BCUT2D eigenvalue weighted by molar-refractivity contribution is -0.119. The fourth-order valence-corrected chi connectivity index (χ4v) is 3.09. The minimum Gasteiger partial charge on any atom is -0.383 e. The Hall–Kier alpha value is -2.12. The Morgan fingerprint density at radius 3 is 2.63 bits per heavy atom. The van der Waals surface area contributed by atoms with E-state index in [-0.39, 0.29) is 12.5 Å². The van der Waals surface area contributed by atoms with Gasteiger partial charge in [-0.05, 0) is 25.3 Å². The Bertz CT molecular complexity index is 571. The van der Waals surface area contributed by atoms with Gasteiger partial charge >= 0.3 is 0 Å². The van der Waals surface area contributed by atoms with Gasteiger partial charge in [-0.25, -0.2) is 4.99 Å². The Morgan fingerprint density at radius 2 is 1.96 bits per heavy atom. The highest BCUT2D eigenvalue weighted by atomic mass is 16.5. The molecular formula is C20H33N5O2. The number of amides is 1. The Morgan fingerprint density at radius 1 is 1.22 bits per heavy atom. The zero-order valence-corrected chi connectivity index (χ0v) is 16.5. The Labute approximate surface area is 162 Å². The zero-order valence-electron chi connectivity index (χ0n) is 16.5. The first-order valence-electron chi connectivity index (χ1n) is 9.78. The number of ether oxygens (including phenoxy) is 1. The van der Waals surface area contributed by atoms with E-state index in [0.29, 0.717) is 25.2 Å². The molecule has 1 aromatic carbocycles. The molecular weight excluding hydrogens is 342 g/mol. The number of methoxy groups -OCH3 is 1. The predicted molar refractivity (Wildman–Crippen MR) is 109 cm³/mol. The number of benzene rings is 1. The molecule has 1 amide bonds. The maximum Gasteiger partial charge on any atom is 0.241 e. The van der Waals surface area contributed by atoms with Crippen LogP contribution in [0.2, 0.25) is 0 Å². The second-order valence-electron chi connectivity index (χ2n) is 6.72. The van der Waals surface area contributed by atoms with E-state index in [0.717, 1.165) is 39.0 Å². The quantitative estimate of drug-likeness (QED) is 0.341. The van der Waals surface area contributed by atoms with Crippen LogP contribution in [-0.4, -0.2) is 69.2 Å². The molecule has 0 radical (unpaired) electrons. The van der Waals surface area contributed by atoms with Crippen LogP contribution in [0.25, 0.3) is 0 Å². The molecule has 2 rings (SSSR count). The summed E-state index contributed by atoms with van der Waals surface area (Å²) in [6, 6.07) is 11.0. The third kappa shape index (κ3) is 8.41. The minimum absolute atomic E-state index is 0.0954. The fourth-order valence-electron chi connectivity index (χ4n) is 3.09. The Balaban J connectivity index is 1.74. The maximum absolute atomic E-state index is 11.8. The molecule has 0 atom stereocenters. The molecule has 1 aromatic rings. The second-order valence-corrected chi connectivity index (χ2v) is 6.72. The van der Waals surface area contributed by atoms with E-state index in [1.807, 2.05) is 6.92 Å². The lowest BCUT2D eigenvalue weighted by Crippen LogP contribution is -2.48.